The van der Waals surface area contributed by atoms with E-state index in [9.17, 15) is 18.0 Å². The number of halogens is 3. The molecule has 33 heavy (non-hydrogen) atoms. The number of aryl methyl sites for hydroxylation is 1. The fraction of sp³-hybridized carbons (Fsp3) is 0.238. The smallest absolute Gasteiger partial charge is 0.485 e. The van der Waals surface area contributed by atoms with Crippen LogP contribution in [0.15, 0.2) is 54.7 Å². The maximum atomic E-state index is 12.5. The summed E-state index contributed by atoms with van der Waals surface area (Å²) in [5, 5.41) is 3.86. The Labute approximate surface area is 188 Å². The van der Waals surface area contributed by atoms with E-state index in [-0.39, 0.29) is 5.91 Å². The number of ether oxygens (including phenoxy) is 2. The van der Waals surface area contributed by atoms with Gasteiger partial charge in [0.1, 0.15) is 12.6 Å². The van der Waals surface area contributed by atoms with Crippen LogP contribution >= 0.6 is 0 Å². The van der Waals surface area contributed by atoms with Gasteiger partial charge in [-0.2, -0.15) is 13.2 Å². The predicted octanol–water partition coefficient (Wildman–Crippen LogP) is 2.66. The molecule has 1 aromatic heterocycles. The van der Waals surface area contributed by atoms with Crippen molar-refractivity contribution in [3.05, 3.63) is 65.9 Å². The van der Waals surface area contributed by atoms with Crippen molar-refractivity contribution in [3.8, 4) is 11.5 Å². The van der Waals surface area contributed by atoms with Crippen molar-refractivity contribution in [2.75, 3.05) is 14.2 Å². The summed E-state index contributed by atoms with van der Waals surface area (Å²) in [6, 6.07) is 15.5. The van der Waals surface area contributed by atoms with E-state index in [1.807, 2.05) is 66.3 Å². The lowest BCUT2D eigenvalue weighted by atomic mass is 10.1. The number of nitrogens with zero attached hydrogens (tertiary/aromatic N) is 1. The summed E-state index contributed by atoms with van der Waals surface area (Å²) in [7, 11) is -0.982. The number of amides is 1. The number of benzene rings is 2. The van der Waals surface area contributed by atoms with Crippen LogP contribution in [0.5, 0.6) is 11.5 Å². The number of carbonyl (C=O) groups excluding carboxylic acids is 1. The van der Waals surface area contributed by atoms with Crippen molar-refractivity contribution in [2.24, 2.45) is 7.05 Å². The Balaban J connectivity index is 0.000000414. The van der Waals surface area contributed by atoms with Crippen molar-refractivity contribution in [2.45, 2.75) is 12.1 Å². The summed E-state index contributed by atoms with van der Waals surface area (Å²) in [4.78, 5) is 12.5. The van der Waals surface area contributed by atoms with Crippen molar-refractivity contribution >= 4 is 26.9 Å². The number of hydrogen-bond acceptors (Lipinski definition) is 6. The van der Waals surface area contributed by atoms with E-state index in [2.05, 4.69) is 5.32 Å². The molecule has 0 saturated heterocycles. The Morgan fingerprint density at radius 2 is 1.61 bits per heavy atom. The van der Waals surface area contributed by atoms with E-state index < -0.39 is 15.6 Å². The summed E-state index contributed by atoms with van der Waals surface area (Å²) >= 11 is 0. The molecule has 1 N–H and O–H groups in total. The lowest BCUT2D eigenvalue weighted by Gasteiger charge is -2.09. The van der Waals surface area contributed by atoms with Gasteiger partial charge in [-0.25, -0.2) is 13.0 Å². The number of rotatable bonds is 5. The van der Waals surface area contributed by atoms with E-state index in [0.29, 0.717) is 23.6 Å². The summed E-state index contributed by atoms with van der Waals surface area (Å²) in [5.41, 5.74) is -3.03. The summed E-state index contributed by atoms with van der Waals surface area (Å²) in [5.74, 6) is 1.18. The molecule has 8 nitrogen and oxygen atoms in total. The van der Waals surface area contributed by atoms with E-state index in [0.717, 1.165) is 16.5 Å². The number of fused-ring (bicyclic) bond motifs is 1. The van der Waals surface area contributed by atoms with Gasteiger partial charge in [-0.1, -0.05) is 30.3 Å². The zero-order valence-electron chi connectivity index (χ0n) is 17.8. The van der Waals surface area contributed by atoms with Crippen LogP contribution in [0, 0.1) is 0 Å². The fourth-order valence-corrected chi connectivity index (χ4v) is 2.79. The molecule has 1 amide bonds. The van der Waals surface area contributed by atoms with Gasteiger partial charge in [-0.3, -0.25) is 4.79 Å². The molecule has 0 atom stereocenters. The molecule has 0 saturated carbocycles. The lowest BCUT2D eigenvalue weighted by Crippen LogP contribution is -2.32. The topological polar surface area (TPSA) is 109 Å². The second-order valence-electron chi connectivity index (χ2n) is 6.67. The van der Waals surface area contributed by atoms with Gasteiger partial charge in [0, 0.05) is 6.54 Å². The molecule has 0 aliphatic heterocycles. The standard InChI is InChI=1S/C20H20N2O3.CHF3O3S/c1-22-13-16(20(23)21-12-14-7-5-4-6-8-14)9-15-10-18(24-2)19(25-3)11-17(15)22;2-1(3,4)8(5,6)7/h4-11,13H,12H2,1-3H3;(H,5,6,7). The average Bonchev–Trinajstić information content (AvgIpc) is 2.76. The van der Waals surface area contributed by atoms with Gasteiger partial charge in [-0.05, 0) is 17.7 Å². The van der Waals surface area contributed by atoms with Crippen LogP contribution in [0.25, 0.3) is 10.9 Å². The number of aromatic nitrogens is 1. The van der Waals surface area contributed by atoms with Gasteiger partial charge in [0.15, 0.2) is 27.8 Å². The quantitative estimate of drug-likeness (QED) is 0.338. The molecule has 0 radical (unpaired) electrons. The molecule has 0 fully saturated rings. The zero-order chi connectivity index (χ0) is 24.8. The highest BCUT2D eigenvalue weighted by atomic mass is 32.2. The van der Waals surface area contributed by atoms with E-state index >= 15 is 0 Å². The molecule has 0 aliphatic rings. The highest BCUT2D eigenvalue weighted by Gasteiger charge is 2.36. The predicted molar refractivity (Wildman–Crippen MR) is 112 cm³/mol. The minimum Gasteiger partial charge on any atom is -0.741 e. The fourth-order valence-electron chi connectivity index (χ4n) is 2.79. The van der Waals surface area contributed by atoms with E-state index in [1.54, 1.807) is 14.2 Å². The van der Waals surface area contributed by atoms with Gasteiger partial charge in [0.05, 0.1) is 25.7 Å². The molecule has 3 rings (SSSR count). The Morgan fingerprint density at radius 1 is 1.06 bits per heavy atom. The molecule has 2 aromatic carbocycles. The molecule has 0 aliphatic carbocycles. The number of hydrogen-bond donors (Lipinski definition) is 1. The van der Waals surface area contributed by atoms with E-state index in [1.165, 1.54) is 0 Å². The van der Waals surface area contributed by atoms with Crippen LogP contribution in [-0.4, -0.2) is 38.6 Å². The highest BCUT2D eigenvalue weighted by molar-refractivity contribution is 7.86. The van der Waals surface area contributed by atoms with Gasteiger partial charge in [-0.15, -0.1) is 0 Å². The molecule has 0 bridgehead atoms. The Morgan fingerprint density at radius 3 is 2.12 bits per heavy atom. The average molecular weight is 486 g/mol. The summed E-state index contributed by atoms with van der Waals surface area (Å²) in [6.07, 6.45) is 1.81. The molecule has 0 spiro atoms. The van der Waals surface area contributed by atoms with Crippen LogP contribution in [0.1, 0.15) is 15.9 Å². The van der Waals surface area contributed by atoms with Gasteiger partial charge in [0.25, 0.3) is 5.91 Å². The van der Waals surface area contributed by atoms with Gasteiger partial charge >= 0.3 is 5.51 Å². The van der Waals surface area contributed by atoms with Crippen molar-refractivity contribution < 1.29 is 45.0 Å². The minimum absolute atomic E-state index is 0.115. The van der Waals surface area contributed by atoms with Crippen LogP contribution in [-0.2, 0) is 23.7 Å². The first kappa shape index (κ1) is 25.9. The Kier molecular flexibility index (Phi) is 8.23. The second-order valence-corrected chi connectivity index (χ2v) is 8.04. The van der Waals surface area contributed by atoms with Crippen molar-refractivity contribution in [3.63, 3.8) is 0 Å². The van der Waals surface area contributed by atoms with Gasteiger partial charge in [0.2, 0.25) is 5.52 Å². The maximum Gasteiger partial charge on any atom is 0.485 e. The largest absolute Gasteiger partial charge is 0.741 e. The molecular weight excluding hydrogens is 465 g/mol. The minimum atomic E-state index is -6.09. The third-order valence-corrected chi connectivity index (χ3v) is 4.97. The number of pyridine rings is 1. The molecule has 3 aromatic rings. The normalized spacial score (nSPS) is 11.4. The zero-order valence-corrected chi connectivity index (χ0v) is 18.7. The number of nitrogens with one attached hydrogen (secondary N) is 1. The van der Waals surface area contributed by atoms with Crippen molar-refractivity contribution in [1.29, 1.82) is 0 Å². The Bertz CT molecular complexity index is 1230. The molecule has 0 unspecified atom stereocenters. The van der Waals surface area contributed by atoms with Gasteiger partial charge < -0.3 is 19.3 Å². The van der Waals surface area contributed by atoms with Crippen LogP contribution in [0.2, 0.25) is 0 Å². The van der Waals surface area contributed by atoms with Crippen LogP contribution < -0.4 is 19.4 Å². The number of methoxy groups -OCH3 is 2. The lowest BCUT2D eigenvalue weighted by molar-refractivity contribution is -0.645. The third-order valence-electron chi connectivity index (χ3n) is 4.40. The second kappa shape index (κ2) is 10.5. The maximum absolute atomic E-state index is 12.5. The van der Waals surface area contributed by atoms with E-state index in [4.69, 9.17) is 22.4 Å². The molecule has 178 valence electrons. The first-order valence-corrected chi connectivity index (χ1v) is 10.7. The monoisotopic (exact) mass is 486 g/mol. The first-order chi connectivity index (χ1) is 15.4. The highest BCUT2D eigenvalue weighted by Crippen LogP contribution is 2.31. The third kappa shape index (κ3) is 6.80. The number of alkyl halides is 3. The Hall–Kier alpha value is -3.38. The van der Waals surface area contributed by atoms with Crippen LogP contribution in [0.3, 0.4) is 0 Å². The molecule has 12 heteroatoms. The molecular formula is C21H21F3N2O6S. The summed E-state index contributed by atoms with van der Waals surface area (Å²) < 4.78 is 71.5. The molecule has 1 heterocycles. The first-order valence-electron chi connectivity index (χ1n) is 9.27. The summed E-state index contributed by atoms with van der Waals surface area (Å²) in [6.45, 7) is 0.493. The number of carbonyl (C=O) groups is 1. The SMILES string of the molecule is COc1cc2cc(C(=O)NCc3ccccc3)c[n+](C)c2cc1OC.O=S(=O)([O-])C(F)(F)F. The van der Waals surface area contributed by atoms with Crippen LogP contribution in [0.4, 0.5) is 13.2 Å². The van der Waals surface area contributed by atoms with Crippen molar-refractivity contribution in [1.82, 2.24) is 5.32 Å².